The summed E-state index contributed by atoms with van der Waals surface area (Å²) in [5, 5.41) is 9.71. The summed E-state index contributed by atoms with van der Waals surface area (Å²) in [6.07, 6.45) is 0. The Morgan fingerprint density at radius 3 is 1.60 bits per heavy atom. The Kier molecular flexibility index (Phi) is 6.74. The minimum atomic E-state index is -0.674. The van der Waals surface area contributed by atoms with Gasteiger partial charge in [0, 0.05) is 27.8 Å². The Morgan fingerprint density at radius 2 is 0.942 bits per heavy atom. The van der Waals surface area contributed by atoms with E-state index in [9.17, 15) is 5.26 Å². The van der Waals surface area contributed by atoms with Crippen molar-refractivity contribution in [3.05, 3.63) is 204 Å². The van der Waals surface area contributed by atoms with E-state index in [-0.39, 0.29) is 0 Å². The molecule has 242 valence electrons. The van der Waals surface area contributed by atoms with E-state index in [2.05, 4.69) is 115 Å². The average molecular weight is 664 g/mol. The number of benzene rings is 7. The molecule has 0 unspecified atom stereocenters. The van der Waals surface area contributed by atoms with Crippen molar-refractivity contribution in [1.82, 2.24) is 9.97 Å². The molecule has 7 aromatic carbocycles. The molecule has 2 aliphatic rings. The van der Waals surface area contributed by atoms with E-state index in [1.807, 2.05) is 66.7 Å². The molecular formula is C48H29N3O. The summed E-state index contributed by atoms with van der Waals surface area (Å²) in [6.45, 7) is 0. The van der Waals surface area contributed by atoms with Gasteiger partial charge < -0.3 is 4.74 Å². The molecule has 1 spiro atoms. The van der Waals surface area contributed by atoms with Crippen LogP contribution in [-0.2, 0) is 5.41 Å². The maximum atomic E-state index is 9.71. The van der Waals surface area contributed by atoms with E-state index in [1.54, 1.807) is 0 Å². The lowest BCUT2D eigenvalue weighted by Crippen LogP contribution is -2.32. The third-order valence-electron chi connectivity index (χ3n) is 10.4. The van der Waals surface area contributed by atoms with E-state index in [1.165, 1.54) is 22.3 Å². The third kappa shape index (κ3) is 4.54. The van der Waals surface area contributed by atoms with Crippen molar-refractivity contribution in [3.8, 4) is 73.7 Å². The Morgan fingerprint density at radius 1 is 0.423 bits per heavy atom. The lowest BCUT2D eigenvalue weighted by molar-refractivity contribution is 0.436. The minimum Gasteiger partial charge on any atom is -0.457 e. The van der Waals surface area contributed by atoms with E-state index in [0.29, 0.717) is 11.4 Å². The van der Waals surface area contributed by atoms with Crippen LogP contribution in [0.1, 0.15) is 27.8 Å². The van der Waals surface area contributed by atoms with Crippen LogP contribution < -0.4 is 4.74 Å². The van der Waals surface area contributed by atoms with Crippen molar-refractivity contribution in [3.63, 3.8) is 0 Å². The molecule has 0 amide bonds. The summed E-state index contributed by atoms with van der Waals surface area (Å²) in [6, 6.07) is 63.0. The maximum Gasteiger partial charge on any atom is 0.160 e. The highest BCUT2D eigenvalue weighted by Crippen LogP contribution is 2.62. The van der Waals surface area contributed by atoms with Gasteiger partial charge in [0.05, 0.1) is 28.4 Å². The second-order valence-corrected chi connectivity index (χ2v) is 13.3. The van der Waals surface area contributed by atoms with Crippen LogP contribution >= 0.6 is 0 Å². The largest absolute Gasteiger partial charge is 0.457 e. The first-order valence-corrected chi connectivity index (χ1v) is 17.4. The molecule has 0 saturated carbocycles. The number of rotatable bonds is 4. The van der Waals surface area contributed by atoms with Crippen LogP contribution in [0.3, 0.4) is 0 Å². The lowest BCUT2D eigenvalue weighted by Gasteiger charge is -2.39. The van der Waals surface area contributed by atoms with Crippen LogP contribution in [0.25, 0.3) is 56.2 Å². The van der Waals surface area contributed by atoms with Crippen LogP contribution in [-0.4, -0.2) is 9.97 Å². The van der Waals surface area contributed by atoms with Crippen molar-refractivity contribution in [1.29, 1.82) is 5.26 Å². The molecule has 0 atom stereocenters. The zero-order valence-electron chi connectivity index (χ0n) is 28.0. The fourth-order valence-electron chi connectivity index (χ4n) is 8.07. The van der Waals surface area contributed by atoms with Crippen LogP contribution in [0, 0.1) is 11.3 Å². The highest BCUT2D eigenvalue weighted by molar-refractivity contribution is 5.92. The van der Waals surface area contributed by atoms with E-state index < -0.39 is 5.41 Å². The number of nitrogens with zero attached hydrogens (tertiary/aromatic N) is 3. The van der Waals surface area contributed by atoms with Crippen LogP contribution in [0.4, 0.5) is 0 Å². The number of aromatic nitrogens is 2. The third-order valence-corrected chi connectivity index (χ3v) is 10.4. The van der Waals surface area contributed by atoms with Gasteiger partial charge in [-0.3, -0.25) is 0 Å². The predicted octanol–water partition coefficient (Wildman–Crippen LogP) is 11.5. The molecule has 0 radical (unpaired) electrons. The first-order chi connectivity index (χ1) is 25.7. The van der Waals surface area contributed by atoms with Gasteiger partial charge in [-0.15, -0.1) is 0 Å². The first-order valence-electron chi connectivity index (χ1n) is 17.4. The number of nitriles is 1. The van der Waals surface area contributed by atoms with Crippen molar-refractivity contribution < 1.29 is 4.74 Å². The zero-order valence-corrected chi connectivity index (χ0v) is 28.0. The molecule has 4 nitrogen and oxygen atoms in total. The molecule has 2 heterocycles. The van der Waals surface area contributed by atoms with Gasteiger partial charge >= 0.3 is 0 Å². The first kappa shape index (κ1) is 29.8. The van der Waals surface area contributed by atoms with E-state index >= 15 is 0 Å². The Hall–Kier alpha value is -7.09. The van der Waals surface area contributed by atoms with Gasteiger partial charge in [0.25, 0.3) is 0 Å². The number of hydrogen-bond acceptors (Lipinski definition) is 4. The summed E-state index contributed by atoms with van der Waals surface area (Å²) in [5.74, 6) is 2.35. The molecule has 0 saturated heterocycles. The van der Waals surface area contributed by atoms with Crippen molar-refractivity contribution in [2.75, 3.05) is 0 Å². The molecule has 1 aromatic heterocycles. The van der Waals surface area contributed by atoms with Crippen molar-refractivity contribution in [2.24, 2.45) is 0 Å². The maximum absolute atomic E-state index is 9.71. The van der Waals surface area contributed by atoms with Crippen LogP contribution in [0.2, 0.25) is 0 Å². The molecular weight excluding hydrogens is 635 g/mol. The van der Waals surface area contributed by atoms with Gasteiger partial charge in [-0.1, -0.05) is 133 Å². The smallest absolute Gasteiger partial charge is 0.160 e. The molecule has 1 aliphatic heterocycles. The molecule has 52 heavy (non-hydrogen) atoms. The summed E-state index contributed by atoms with van der Waals surface area (Å²) in [5.41, 5.74) is 13.6. The topological polar surface area (TPSA) is 58.8 Å². The van der Waals surface area contributed by atoms with Gasteiger partial charge in [-0.2, -0.15) is 5.26 Å². The van der Waals surface area contributed by atoms with E-state index in [4.69, 9.17) is 14.7 Å². The molecule has 8 aromatic rings. The van der Waals surface area contributed by atoms with Gasteiger partial charge in [-0.05, 0) is 75.8 Å². The normalized spacial score (nSPS) is 12.9. The highest BCUT2D eigenvalue weighted by Gasteiger charge is 2.51. The van der Waals surface area contributed by atoms with Crippen molar-refractivity contribution in [2.45, 2.75) is 5.41 Å². The van der Waals surface area contributed by atoms with Gasteiger partial charge in [0.1, 0.15) is 11.5 Å². The molecule has 0 bridgehead atoms. The Labute approximate surface area is 301 Å². The molecule has 0 N–H and O–H groups in total. The molecule has 0 fully saturated rings. The second-order valence-electron chi connectivity index (χ2n) is 13.3. The van der Waals surface area contributed by atoms with Gasteiger partial charge in [0.15, 0.2) is 5.82 Å². The minimum absolute atomic E-state index is 0.636. The predicted molar refractivity (Wildman–Crippen MR) is 206 cm³/mol. The van der Waals surface area contributed by atoms with Crippen LogP contribution in [0.5, 0.6) is 11.5 Å². The molecule has 10 rings (SSSR count). The summed E-state index contributed by atoms with van der Waals surface area (Å²) >= 11 is 0. The molecule has 4 heteroatoms. The number of hydrogen-bond donors (Lipinski definition) is 0. The lowest BCUT2D eigenvalue weighted by atomic mass is 9.65. The summed E-state index contributed by atoms with van der Waals surface area (Å²) in [7, 11) is 0. The quantitative estimate of drug-likeness (QED) is 0.188. The second kappa shape index (κ2) is 11.8. The number of para-hydroxylation sites is 2. The van der Waals surface area contributed by atoms with Gasteiger partial charge in [0.2, 0.25) is 0 Å². The Balaban J connectivity index is 1.25. The fraction of sp³-hybridized carbons (Fsp3) is 0.0208. The average Bonchev–Trinajstić information content (AvgIpc) is 3.50. The SMILES string of the molecule is N#Cc1cccc(-c2ccc3c(c2)C2(c4ccccc4Oc4ccccc42)c2cc(-c4cc(-c5ccccc5)nc(-c5ccccc5)n4)ccc2-3)c1. The molecule has 1 aliphatic carbocycles. The monoisotopic (exact) mass is 663 g/mol. The number of fused-ring (bicyclic) bond motifs is 9. The zero-order chi connectivity index (χ0) is 34.6. The van der Waals surface area contributed by atoms with E-state index in [0.717, 1.165) is 61.8 Å². The standard InChI is InChI=1S/C48H29N3O/c49-30-31-12-11-17-34(26-31)35-22-24-37-38-25-23-36(44-29-43(32-13-3-1-4-14-32)50-47(51-44)33-15-5-2-6-16-33)28-42(38)48(41(37)27-35)39-18-7-9-20-45(39)52-46-21-10-8-19-40(46)48/h1-29H. The highest BCUT2D eigenvalue weighted by atomic mass is 16.5. The summed E-state index contributed by atoms with van der Waals surface area (Å²) in [4.78, 5) is 10.3. The Bertz CT molecular complexity index is 2630. The fourth-order valence-corrected chi connectivity index (χ4v) is 8.07. The van der Waals surface area contributed by atoms with Crippen molar-refractivity contribution >= 4 is 0 Å². The number of ether oxygens (including phenoxy) is 1. The van der Waals surface area contributed by atoms with Crippen LogP contribution in [0.15, 0.2) is 176 Å². The van der Waals surface area contributed by atoms with Gasteiger partial charge in [-0.25, -0.2) is 9.97 Å². The summed E-state index contributed by atoms with van der Waals surface area (Å²) < 4.78 is 6.63.